The van der Waals surface area contributed by atoms with E-state index >= 15 is 0 Å². The van der Waals surface area contributed by atoms with Crippen LogP contribution in [0, 0.1) is 12.8 Å². The maximum atomic E-state index is 6.02. The van der Waals surface area contributed by atoms with Crippen molar-refractivity contribution in [3.8, 4) is 0 Å². The Bertz CT molecular complexity index is 414. The monoisotopic (exact) mass is 267 g/mol. The fraction of sp³-hybridized carbons (Fsp3) is 0.714. The van der Waals surface area contributed by atoms with Gasteiger partial charge in [0.15, 0.2) is 0 Å². The second kappa shape index (κ2) is 5.43. The Balaban J connectivity index is 2.07. The number of nitrogens with zero attached hydrogens (tertiary/aromatic N) is 3. The van der Waals surface area contributed by atoms with Gasteiger partial charge in [0, 0.05) is 36.6 Å². The van der Waals surface area contributed by atoms with Crippen molar-refractivity contribution in [2.75, 3.05) is 18.5 Å². The van der Waals surface area contributed by atoms with Crippen molar-refractivity contribution in [1.29, 1.82) is 0 Å². The van der Waals surface area contributed by atoms with Gasteiger partial charge in [-0.3, -0.25) is 0 Å². The normalized spacial score (nSPS) is 23.0. The zero-order valence-corrected chi connectivity index (χ0v) is 12.4. The molecule has 0 atom stereocenters. The average Bonchev–Trinajstić information content (AvgIpc) is 2.26. The van der Waals surface area contributed by atoms with Gasteiger partial charge in [-0.25, -0.2) is 9.97 Å². The SMILES string of the molecule is Cc1cc(N(C)CC2CC(Cl)C2)nc(C(C)C)n1. The van der Waals surface area contributed by atoms with E-state index in [-0.39, 0.29) is 0 Å². The lowest BCUT2D eigenvalue weighted by Gasteiger charge is -2.34. The van der Waals surface area contributed by atoms with Crippen LogP contribution in [0.15, 0.2) is 6.07 Å². The minimum absolute atomic E-state index is 0.368. The molecular formula is C14H22ClN3. The second-order valence-corrected chi connectivity index (χ2v) is 6.31. The summed E-state index contributed by atoms with van der Waals surface area (Å²) in [5, 5.41) is 0.391. The average molecular weight is 268 g/mol. The predicted molar refractivity (Wildman–Crippen MR) is 76.5 cm³/mol. The number of halogens is 1. The summed E-state index contributed by atoms with van der Waals surface area (Å²) in [4.78, 5) is 11.4. The molecule has 4 heteroatoms. The lowest BCUT2D eigenvalue weighted by molar-refractivity contribution is 0.328. The molecule has 0 aromatic carbocycles. The van der Waals surface area contributed by atoms with Gasteiger partial charge in [0.05, 0.1) is 0 Å². The largest absolute Gasteiger partial charge is 0.359 e. The number of rotatable bonds is 4. The van der Waals surface area contributed by atoms with Gasteiger partial charge in [-0.1, -0.05) is 13.8 Å². The molecule has 1 aliphatic rings. The molecule has 1 saturated carbocycles. The Morgan fingerprint density at radius 3 is 2.61 bits per heavy atom. The quantitative estimate of drug-likeness (QED) is 0.784. The molecule has 100 valence electrons. The summed E-state index contributed by atoms with van der Waals surface area (Å²) in [5.41, 5.74) is 1.04. The Morgan fingerprint density at radius 1 is 1.39 bits per heavy atom. The van der Waals surface area contributed by atoms with Gasteiger partial charge in [0.2, 0.25) is 0 Å². The van der Waals surface area contributed by atoms with Crippen molar-refractivity contribution in [3.05, 3.63) is 17.6 Å². The van der Waals surface area contributed by atoms with Gasteiger partial charge in [-0.15, -0.1) is 11.6 Å². The lowest BCUT2D eigenvalue weighted by Crippen LogP contribution is -2.35. The fourth-order valence-electron chi connectivity index (χ4n) is 2.31. The molecule has 1 heterocycles. The third-order valence-corrected chi connectivity index (χ3v) is 3.83. The third-order valence-electron chi connectivity index (χ3n) is 3.48. The summed E-state index contributed by atoms with van der Waals surface area (Å²) in [5.74, 6) is 3.05. The van der Waals surface area contributed by atoms with Gasteiger partial charge in [-0.2, -0.15) is 0 Å². The molecule has 0 N–H and O–H groups in total. The van der Waals surface area contributed by atoms with Crippen LogP contribution in [0.2, 0.25) is 0 Å². The van der Waals surface area contributed by atoms with Gasteiger partial charge >= 0.3 is 0 Å². The fourth-order valence-corrected chi connectivity index (χ4v) is 2.82. The van der Waals surface area contributed by atoms with Gasteiger partial charge in [0.1, 0.15) is 11.6 Å². The molecule has 3 nitrogen and oxygen atoms in total. The molecule has 0 aliphatic heterocycles. The molecule has 0 amide bonds. The molecule has 1 aromatic heterocycles. The molecule has 1 aliphatic carbocycles. The molecule has 1 fully saturated rings. The number of aromatic nitrogens is 2. The number of hydrogen-bond acceptors (Lipinski definition) is 3. The van der Waals surface area contributed by atoms with E-state index in [9.17, 15) is 0 Å². The molecule has 0 radical (unpaired) electrons. The van der Waals surface area contributed by atoms with Crippen LogP contribution in [0.4, 0.5) is 5.82 Å². The van der Waals surface area contributed by atoms with Gasteiger partial charge < -0.3 is 4.90 Å². The molecule has 0 spiro atoms. The van der Waals surface area contributed by atoms with E-state index in [0.29, 0.717) is 11.3 Å². The molecule has 0 bridgehead atoms. The number of alkyl halides is 1. The van der Waals surface area contributed by atoms with Crippen LogP contribution in [-0.4, -0.2) is 28.9 Å². The lowest BCUT2D eigenvalue weighted by atomic mass is 9.84. The zero-order valence-electron chi connectivity index (χ0n) is 11.7. The van der Waals surface area contributed by atoms with Crippen LogP contribution in [0.25, 0.3) is 0 Å². The molecule has 2 rings (SSSR count). The Hall–Kier alpha value is -0.830. The molecule has 1 aromatic rings. The van der Waals surface area contributed by atoms with Crippen molar-refractivity contribution < 1.29 is 0 Å². The highest BCUT2D eigenvalue weighted by molar-refractivity contribution is 6.21. The van der Waals surface area contributed by atoms with Crippen LogP contribution in [0.1, 0.15) is 44.1 Å². The van der Waals surface area contributed by atoms with E-state index in [1.165, 1.54) is 0 Å². The van der Waals surface area contributed by atoms with Crippen LogP contribution < -0.4 is 4.90 Å². The summed E-state index contributed by atoms with van der Waals surface area (Å²) >= 11 is 6.02. The van der Waals surface area contributed by atoms with Crippen molar-refractivity contribution in [1.82, 2.24) is 9.97 Å². The van der Waals surface area contributed by atoms with Crippen molar-refractivity contribution >= 4 is 17.4 Å². The maximum absolute atomic E-state index is 6.02. The van der Waals surface area contributed by atoms with Gasteiger partial charge in [0.25, 0.3) is 0 Å². The second-order valence-electron chi connectivity index (χ2n) is 5.70. The third kappa shape index (κ3) is 3.14. The smallest absolute Gasteiger partial charge is 0.133 e. The summed E-state index contributed by atoms with van der Waals surface area (Å²) in [6, 6.07) is 2.06. The maximum Gasteiger partial charge on any atom is 0.133 e. The van der Waals surface area contributed by atoms with E-state index in [4.69, 9.17) is 11.6 Å². The van der Waals surface area contributed by atoms with E-state index in [1.54, 1.807) is 0 Å². The van der Waals surface area contributed by atoms with Crippen LogP contribution in [-0.2, 0) is 0 Å². The highest BCUT2D eigenvalue weighted by Gasteiger charge is 2.28. The number of aryl methyl sites for hydroxylation is 1. The number of hydrogen-bond donors (Lipinski definition) is 0. The highest BCUT2D eigenvalue weighted by Crippen LogP contribution is 2.33. The molecule has 0 saturated heterocycles. The van der Waals surface area contributed by atoms with E-state index in [1.807, 2.05) is 6.92 Å². The minimum Gasteiger partial charge on any atom is -0.359 e. The van der Waals surface area contributed by atoms with Crippen LogP contribution >= 0.6 is 11.6 Å². The standard InChI is InChI=1S/C14H22ClN3/c1-9(2)14-16-10(3)5-13(17-14)18(4)8-11-6-12(15)7-11/h5,9,11-12H,6-8H2,1-4H3. The van der Waals surface area contributed by atoms with E-state index in [0.717, 1.165) is 42.6 Å². The summed E-state index contributed by atoms with van der Waals surface area (Å²) in [7, 11) is 2.10. The highest BCUT2D eigenvalue weighted by atomic mass is 35.5. The van der Waals surface area contributed by atoms with Crippen molar-refractivity contribution in [3.63, 3.8) is 0 Å². The first-order chi connectivity index (χ1) is 8.45. The summed E-state index contributed by atoms with van der Waals surface area (Å²) in [6.45, 7) is 7.32. The Labute approximate surface area is 115 Å². The van der Waals surface area contributed by atoms with Crippen LogP contribution in [0.5, 0.6) is 0 Å². The number of anilines is 1. The Morgan fingerprint density at radius 2 is 2.06 bits per heavy atom. The minimum atomic E-state index is 0.368. The van der Waals surface area contributed by atoms with Crippen LogP contribution in [0.3, 0.4) is 0 Å². The first-order valence-corrected chi connectivity index (χ1v) is 7.10. The van der Waals surface area contributed by atoms with E-state index in [2.05, 4.69) is 41.8 Å². The van der Waals surface area contributed by atoms with Crippen molar-refractivity contribution in [2.45, 2.75) is 44.9 Å². The predicted octanol–water partition coefficient (Wildman–Crippen LogP) is 3.36. The molecular weight excluding hydrogens is 246 g/mol. The molecule has 18 heavy (non-hydrogen) atoms. The summed E-state index contributed by atoms with van der Waals surface area (Å²) in [6.07, 6.45) is 2.26. The van der Waals surface area contributed by atoms with E-state index < -0.39 is 0 Å². The van der Waals surface area contributed by atoms with Crippen molar-refractivity contribution in [2.24, 2.45) is 5.92 Å². The first-order valence-electron chi connectivity index (χ1n) is 6.66. The topological polar surface area (TPSA) is 29.0 Å². The zero-order chi connectivity index (χ0) is 13.3. The first kappa shape index (κ1) is 13.6. The molecule has 0 unspecified atom stereocenters. The van der Waals surface area contributed by atoms with Gasteiger partial charge in [-0.05, 0) is 25.7 Å². The summed E-state index contributed by atoms with van der Waals surface area (Å²) < 4.78 is 0. The Kier molecular flexibility index (Phi) is 4.10.